The van der Waals surface area contributed by atoms with Gasteiger partial charge in [0.1, 0.15) is 6.61 Å². The highest BCUT2D eigenvalue weighted by Crippen LogP contribution is 2.44. The fraction of sp³-hybridized carbons (Fsp3) is 0.333. The SMILES string of the molecule is CC(C)COC1CCC(c2nc(-c3ccc(-c4ccc(C(=O)O)c(C5=CCN(C(=O)OCC6c7ccccc7-c7ccccc76)CC5)c4)cc3)no2)CC1. The molecule has 1 aromatic heterocycles. The Morgan fingerprint density at radius 2 is 1.52 bits per heavy atom. The number of nitrogens with zero attached hydrogens (tertiary/aromatic N) is 3. The molecule has 0 unspecified atom stereocenters. The summed E-state index contributed by atoms with van der Waals surface area (Å²) in [6.45, 7) is 6.16. The van der Waals surface area contributed by atoms with Crippen LogP contribution in [0.2, 0.25) is 0 Å². The van der Waals surface area contributed by atoms with Gasteiger partial charge in [-0.3, -0.25) is 0 Å². The zero-order valence-corrected chi connectivity index (χ0v) is 30.7. The molecule has 1 N–H and O–H groups in total. The summed E-state index contributed by atoms with van der Waals surface area (Å²) in [5.74, 6) is 1.02. The van der Waals surface area contributed by atoms with Crippen LogP contribution in [0.3, 0.4) is 0 Å². The van der Waals surface area contributed by atoms with Gasteiger partial charge >= 0.3 is 12.1 Å². The second-order valence-corrected chi connectivity index (χ2v) is 15.0. The lowest BCUT2D eigenvalue weighted by molar-refractivity contribution is 0.00863. The number of amides is 1. The van der Waals surface area contributed by atoms with Gasteiger partial charge in [0.15, 0.2) is 0 Å². The molecule has 0 saturated heterocycles. The first-order valence-corrected chi connectivity index (χ1v) is 19.0. The normalized spacial score (nSPS) is 18.3. The van der Waals surface area contributed by atoms with Crippen LogP contribution in [0.1, 0.15) is 90.7 Å². The molecule has 1 saturated carbocycles. The van der Waals surface area contributed by atoms with E-state index in [0.29, 0.717) is 48.8 Å². The first-order valence-electron chi connectivity index (χ1n) is 19.0. The number of aromatic nitrogens is 2. The molecule has 2 aliphatic carbocycles. The lowest BCUT2D eigenvalue weighted by atomic mass is 9.87. The van der Waals surface area contributed by atoms with Crippen LogP contribution in [0.15, 0.2) is 102 Å². The second-order valence-electron chi connectivity index (χ2n) is 15.0. The summed E-state index contributed by atoms with van der Waals surface area (Å²) >= 11 is 0. The van der Waals surface area contributed by atoms with Crippen molar-refractivity contribution >= 4 is 17.6 Å². The van der Waals surface area contributed by atoms with Crippen LogP contribution in [0, 0.1) is 5.92 Å². The van der Waals surface area contributed by atoms with Gasteiger partial charge in [-0.15, -0.1) is 0 Å². The highest BCUT2D eigenvalue weighted by Gasteiger charge is 2.31. The lowest BCUT2D eigenvalue weighted by Crippen LogP contribution is -2.36. The molecule has 9 nitrogen and oxygen atoms in total. The Morgan fingerprint density at radius 3 is 2.17 bits per heavy atom. The molecule has 1 fully saturated rings. The third-order valence-corrected chi connectivity index (χ3v) is 11.0. The number of fused-ring (bicyclic) bond motifs is 3. The van der Waals surface area contributed by atoms with Gasteiger partial charge in [0.25, 0.3) is 0 Å². The molecule has 3 aliphatic rings. The maximum absolute atomic E-state index is 13.3. The molecule has 2 heterocycles. The maximum Gasteiger partial charge on any atom is 0.410 e. The number of ether oxygens (including phenoxy) is 2. The van der Waals surface area contributed by atoms with Crippen LogP contribution >= 0.6 is 0 Å². The minimum Gasteiger partial charge on any atom is -0.478 e. The maximum atomic E-state index is 13.3. The predicted molar refractivity (Wildman–Crippen MR) is 207 cm³/mol. The third kappa shape index (κ3) is 7.33. The fourth-order valence-corrected chi connectivity index (χ4v) is 8.08. The Morgan fingerprint density at radius 1 is 0.852 bits per heavy atom. The van der Waals surface area contributed by atoms with Crippen LogP contribution < -0.4 is 0 Å². The first kappa shape index (κ1) is 35.5. The van der Waals surface area contributed by atoms with E-state index in [2.05, 4.69) is 43.3 Å². The van der Waals surface area contributed by atoms with Crippen molar-refractivity contribution in [1.29, 1.82) is 0 Å². The van der Waals surface area contributed by atoms with E-state index >= 15 is 0 Å². The van der Waals surface area contributed by atoms with Gasteiger partial charge in [-0.05, 0) is 94.7 Å². The largest absolute Gasteiger partial charge is 0.478 e. The first-order chi connectivity index (χ1) is 26.3. The number of carboxylic acids is 1. The highest BCUT2D eigenvalue weighted by molar-refractivity contribution is 5.95. The topological polar surface area (TPSA) is 115 Å². The fourth-order valence-electron chi connectivity index (χ4n) is 8.08. The highest BCUT2D eigenvalue weighted by atomic mass is 16.6. The van der Waals surface area contributed by atoms with E-state index < -0.39 is 5.97 Å². The Balaban J connectivity index is 0.916. The molecular formula is C45H45N3O6. The summed E-state index contributed by atoms with van der Waals surface area (Å²) in [6, 6.07) is 29.9. The van der Waals surface area contributed by atoms with Gasteiger partial charge in [0, 0.05) is 37.1 Å². The van der Waals surface area contributed by atoms with E-state index in [1.54, 1.807) is 11.0 Å². The standard InChI is InChI=1S/C45H45N3O6/c1-28(2)26-52-34-18-15-32(16-19-34)43-46-42(47-54-43)31-13-11-29(12-14-31)33-17-20-39(44(49)50)40(25-33)30-21-23-48(24-22-30)45(51)53-27-41-37-9-5-3-7-35(37)36-8-4-6-10-38(36)41/h3-14,17,20-21,25,28,32,34,41H,15-16,18-19,22-24,26-27H2,1-2H3,(H,49,50). The number of rotatable bonds is 10. The molecule has 1 aliphatic heterocycles. The molecule has 0 atom stereocenters. The quantitative estimate of drug-likeness (QED) is 0.151. The van der Waals surface area contributed by atoms with Crippen molar-refractivity contribution in [2.75, 3.05) is 26.3 Å². The predicted octanol–water partition coefficient (Wildman–Crippen LogP) is 9.84. The number of aromatic carboxylic acids is 1. The smallest absolute Gasteiger partial charge is 0.410 e. The Kier molecular flexibility index (Phi) is 10.1. The molecule has 54 heavy (non-hydrogen) atoms. The monoisotopic (exact) mass is 723 g/mol. The average Bonchev–Trinajstić information content (AvgIpc) is 3.83. The zero-order valence-electron chi connectivity index (χ0n) is 30.7. The summed E-state index contributed by atoms with van der Waals surface area (Å²) in [7, 11) is 0. The van der Waals surface area contributed by atoms with Crippen LogP contribution in [-0.4, -0.2) is 64.6 Å². The van der Waals surface area contributed by atoms with E-state index in [1.807, 2.05) is 66.7 Å². The van der Waals surface area contributed by atoms with Crippen molar-refractivity contribution < 1.29 is 28.7 Å². The summed E-state index contributed by atoms with van der Waals surface area (Å²) in [5.41, 5.74) is 9.19. The molecule has 1 amide bonds. The molecule has 4 aromatic carbocycles. The van der Waals surface area contributed by atoms with E-state index in [1.165, 1.54) is 22.3 Å². The Bertz CT molecular complexity index is 2130. The molecule has 0 bridgehead atoms. The van der Waals surface area contributed by atoms with Crippen molar-refractivity contribution in [2.24, 2.45) is 5.92 Å². The summed E-state index contributed by atoms with van der Waals surface area (Å²) in [4.78, 5) is 32.0. The van der Waals surface area contributed by atoms with Crippen LogP contribution in [0.5, 0.6) is 0 Å². The summed E-state index contributed by atoms with van der Waals surface area (Å²) in [5, 5.41) is 14.4. The van der Waals surface area contributed by atoms with E-state index in [0.717, 1.165) is 54.6 Å². The van der Waals surface area contributed by atoms with Crippen molar-refractivity contribution in [1.82, 2.24) is 15.0 Å². The third-order valence-electron chi connectivity index (χ3n) is 11.0. The average molecular weight is 724 g/mol. The zero-order chi connectivity index (χ0) is 37.2. The van der Waals surface area contributed by atoms with Gasteiger partial charge in [-0.1, -0.05) is 104 Å². The molecule has 8 rings (SSSR count). The Hall–Kier alpha value is -5.54. The number of carbonyl (C=O) groups is 2. The van der Waals surface area contributed by atoms with E-state index in [4.69, 9.17) is 19.0 Å². The molecule has 276 valence electrons. The number of benzene rings is 4. The number of hydrogen-bond donors (Lipinski definition) is 1. The summed E-state index contributed by atoms with van der Waals surface area (Å²) in [6.07, 6.45) is 6.34. The van der Waals surface area contributed by atoms with Crippen LogP contribution in [0.4, 0.5) is 4.79 Å². The number of hydrogen-bond acceptors (Lipinski definition) is 7. The van der Waals surface area contributed by atoms with E-state index in [-0.39, 0.29) is 30.1 Å². The van der Waals surface area contributed by atoms with Crippen molar-refractivity contribution in [3.63, 3.8) is 0 Å². The van der Waals surface area contributed by atoms with Gasteiger partial charge in [0.05, 0.1) is 11.7 Å². The minimum atomic E-state index is -0.990. The number of carbonyl (C=O) groups excluding carboxylic acids is 1. The van der Waals surface area contributed by atoms with Gasteiger partial charge < -0.3 is 24.0 Å². The van der Waals surface area contributed by atoms with Gasteiger partial charge in [-0.2, -0.15) is 4.98 Å². The molecule has 9 heteroatoms. The van der Waals surface area contributed by atoms with Crippen LogP contribution in [0.25, 0.3) is 39.2 Å². The van der Waals surface area contributed by atoms with Gasteiger partial charge in [0.2, 0.25) is 11.7 Å². The van der Waals surface area contributed by atoms with Crippen LogP contribution in [-0.2, 0) is 9.47 Å². The van der Waals surface area contributed by atoms with Crippen molar-refractivity contribution in [3.8, 4) is 33.6 Å². The Labute approximate surface area is 315 Å². The summed E-state index contributed by atoms with van der Waals surface area (Å²) < 4.78 is 17.7. The lowest BCUT2D eigenvalue weighted by Gasteiger charge is -2.27. The van der Waals surface area contributed by atoms with Crippen molar-refractivity contribution in [3.05, 3.63) is 125 Å². The second kappa shape index (κ2) is 15.4. The minimum absolute atomic E-state index is 0.0121. The molecule has 0 radical (unpaired) electrons. The molecule has 5 aromatic rings. The van der Waals surface area contributed by atoms with E-state index in [9.17, 15) is 14.7 Å². The number of carboxylic acid groups (broad SMARTS) is 1. The van der Waals surface area contributed by atoms with Gasteiger partial charge in [-0.25, -0.2) is 9.59 Å². The van der Waals surface area contributed by atoms with Crippen molar-refractivity contribution in [2.45, 2.75) is 63.9 Å². The molecular weight excluding hydrogens is 679 g/mol. The molecule has 0 spiro atoms.